The monoisotopic (exact) mass is 361 g/mol. The molecular weight excluding hydrogens is 330 g/mol. The molecule has 2 atom stereocenters. The van der Waals surface area contributed by atoms with Gasteiger partial charge in [-0.3, -0.25) is 4.99 Å². The summed E-state index contributed by atoms with van der Waals surface area (Å²) >= 11 is 0. The molecule has 2 fully saturated rings. The third-order valence-electron chi connectivity index (χ3n) is 4.88. The van der Waals surface area contributed by atoms with E-state index in [4.69, 9.17) is 14.2 Å². The molecule has 2 heterocycles. The third kappa shape index (κ3) is 5.35. The van der Waals surface area contributed by atoms with E-state index in [-0.39, 0.29) is 12.2 Å². The number of hydrogen-bond acceptors (Lipinski definition) is 4. The summed E-state index contributed by atoms with van der Waals surface area (Å²) in [6.45, 7) is 6.89. The van der Waals surface area contributed by atoms with Gasteiger partial charge in [0.25, 0.3) is 0 Å². The maximum Gasteiger partial charge on any atom is 0.193 e. The van der Waals surface area contributed by atoms with Crippen molar-refractivity contribution in [3.8, 4) is 5.75 Å². The van der Waals surface area contributed by atoms with E-state index in [0.29, 0.717) is 6.61 Å². The Morgan fingerprint density at radius 3 is 2.77 bits per heavy atom. The molecule has 2 aliphatic heterocycles. The minimum absolute atomic E-state index is 0.148. The van der Waals surface area contributed by atoms with Gasteiger partial charge in [0.05, 0.1) is 19.3 Å². The van der Waals surface area contributed by atoms with Gasteiger partial charge >= 0.3 is 0 Å². The fourth-order valence-corrected chi connectivity index (χ4v) is 3.42. The van der Waals surface area contributed by atoms with Gasteiger partial charge in [0.2, 0.25) is 0 Å². The molecule has 0 aromatic heterocycles. The summed E-state index contributed by atoms with van der Waals surface area (Å²) < 4.78 is 17.5. The second-order valence-electron chi connectivity index (χ2n) is 6.90. The van der Waals surface area contributed by atoms with Crippen LogP contribution in [0.3, 0.4) is 0 Å². The lowest BCUT2D eigenvalue weighted by molar-refractivity contribution is -0.0816. The fraction of sp³-hybridized carbons (Fsp3) is 0.650. The van der Waals surface area contributed by atoms with Crippen molar-refractivity contribution in [1.82, 2.24) is 10.2 Å². The Labute approximate surface area is 156 Å². The first-order chi connectivity index (χ1) is 12.8. The highest BCUT2D eigenvalue weighted by Crippen LogP contribution is 2.21. The molecule has 1 N–H and O–H groups in total. The molecule has 3 rings (SSSR count). The molecule has 0 spiro atoms. The van der Waals surface area contributed by atoms with E-state index in [0.717, 1.165) is 63.8 Å². The van der Waals surface area contributed by atoms with Crippen LogP contribution in [-0.4, -0.2) is 69.6 Å². The van der Waals surface area contributed by atoms with Crippen LogP contribution in [0, 0.1) is 6.92 Å². The zero-order valence-electron chi connectivity index (χ0n) is 15.9. The molecule has 2 unspecified atom stereocenters. The van der Waals surface area contributed by atoms with Crippen LogP contribution in [0.4, 0.5) is 0 Å². The van der Waals surface area contributed by atoms with Gasteiger partial charge in [0.1, 0.15) is 11.9 Å². The molecule has 1 aromatic rings. The van der Waals surface area contributed by atoms with Crippen molar-refractivity contribution in [2.24, 2.45) is 4.99 Å². The fourth-order valence-electron chi connectivity index (χ4n) is 3.42. The summed E-state index contributed by atoms with van der Waals surface area (Å²) in [5.74, 6) is 1.86. The normalized spacial score (nSPS) is 23.9. The third-order valence-corrected chi connectivity index (χ3v) is 4.88. The predicted molar refractivity (Wildman–Crippen MR) is 103 cm³/mol. The molecule has 26 heavy (non-hydrogen) atoms. The smallest absolute Gasteiger partial charge is 0.193 e. The number of rotatable bonds is 6. The molecule has 0 saturated carbocycles. The lowest BCUT2D eigenvalue weighted by Crippen LogP contribution is -2.53. The van der Waals surface area contributed by atoms with Gasteiger partial charge in [-0.1, -0.05) is 17.7 Å². The van der Waals surface area contributed by atoms with Gasteiger partial charge in [0, 0.05) is 33.3 Å². The van der Waals surface area contributed by atoms with E-state index in [1.807, 2.05) is 19.2 Å². The summed E-state index contributed by atoms with van der Waals surface area (Å²) in [4.78, 5) is 6.71. The first-order valence-electron chi connectivity index (χ1n) is 9.64. The summed E-state index contributed by atoms with van der Waals surface area (Å²) in [6, 6.07) is 8.16. The van der Waals surface area contributed by atoms with Crippen LogP contribution in [-0.2, 0) is 9.47 Å². The van der Waals surface area contributed by atoms with Gasteiger partial charge in [-0.05, 0) is 38.3 Å². The van der Waals surface area contributed by atoms with Crippen LogP contribution in [0.25, 0.3) is 0 Å². The summed E-state index contributed by atoms with van der Waals surface area (Å²) in [5, 5.41) is 3.45. The second kappa shape index (κ2) is 9.78. The van der Waals surface area contributed by atoms with Gasteiger partial charge in [-0.15, -0.1) is 0 Å². The summed E-state index contributed by atoms with van der Waals surface area (Å²) in [6.07, 6.45) is 3.54. The maximum atomic E-state index is 5.92. The first-order valence-corrected chi connectivity index (χ1v) is 9.64. The number of hydrogen-bond donors (Lipinski definition) is 1. The zero-order valence-corrected chi connectivity index (χ0v) is 15.9. The highest BCUT2D eigenvalue weighted by atomic mass is 16.5. The standard InChI is InChI=1S/C20H31N3O3/c1-16-6-8-17(9-7-16)24-13-4-10-22-20(21-2)23-11-14-26-19(15-23)18-5-3-12-25-18/h6-9,18-19H,3-5,10-15H2,1-2H3,(H,21,22). The zero-order chi connectivity index (χ0) is 18.2. The van der Waals surface area contributed by atoms with Crippen LogP contribution in [0.2, 0.25) is 0 Å². The molecular formula is C20H31N3O3. The van der Waals surface area contributed by atoms with Gasteiger partial charge < -0.3 is 24.4 Å². The Bertz CT molecular complexity index is 570. The van der Waals surface area contributed by atoms with E-state index in [1.165, 1.54) is 5.56 Å². The Morgan fingerprint density at radius 1 is 1.23 bits per heavy atom. The van der Waals surface area contributed by atoms with Crippen molar-refractivity contribution in [3.05, 3.63) is 29.8 Å². The van der Waals surface area contributed by atoms with Crippen molar-refractivity contribution in [3.63, 3.8) is 0 Å². The van der Waals surface area contributed by atoms with E-state index in [1.54, 1.807) is 0 Å². The average molecular weight is 361 g/mol. The highest BCUT2D eigenvalue weighted by Gasteiger charge is 2.32. The lowest BCUT2D eigenvalue weighted by atomic mass is 10.1. The number of aryl methyl sites for hydroxylation is 1. The van der Waals surface area contributed by atoms with Crippen LogP contribution >= 0.6 is 0 Å². The van der Waals surface area contributed by atoms with Crippen LogP contribution in [0.1, 0.15) is 24.8 Å². The van der Waals surface area contributed by atoms with Crippen LogP contribution in [0.15, 0.2) is 29.3 Å². The van der Waals surface area contributed by atoms with E-state index in [2.05, 4.69) is 34.3 Å². The number of aliphatic imine (C=N–C) groups is 1. The highest BCUT2D eigenvalue weighted by molar-refractivity contribution is 5.80. The van der Waals surface area contributed by atoms with Crippen molar-refractivity contribution in [2.75, 3.05) is 46.5 Å². The predicted octanol–water partition coefficient (Wildman–Crippen LogP) is 2.22. The Morgan fingerprint density at radius 2 is 2.04 bits per heavy atom. The van der Waals surface area contributed by atoms with Gasteiger partial charge in [-0.2, -0.15) is 0 Å². The molecule has 0 aliphatic carbocycles. The minimum atomic E-state index is 0.148. The van der Waals surface area contributed by atoms with Crippen LogP contribution < -0.4 is 10.1 Å². The van der Waals surface area contributed by atoms with Gasteiger partial charge in [-0.25, -0.2) is 0 Å². The Kier molecular flexibility index (Phi) is 7.14. The van der Waals surface area contributed by atoms with E-state index in [9.17, 15) is 0 Å². The second-order valence-corrected chi connectivity index (χ2v) is 6.90. The van der Waals surface area contributed by atoms with Crippen molar-refractivity contribution < 1.29 is 14.2 Å². The molecule has 0 bridgehead atoms. The van der Waals surface area contributed by atoms with E-state index < -0.39 is 0 Å². The lowest BCUT2D eigenvalue weighted by Gasteiger charge is -2.37. The molecule has 144 valence electrons. The number of guanidine groups is 1. The quantitative estimate of drug-likeness (QED) is 0.478. The summed E-state index contributed by atoms with van der Waals surface area (Å²) in [7, 11) is 1.83. The number of morpholine rings is 1. The minimum Gasteiger partial charge on any atom is -0.494 e. The van der Waals surface area contributed by atoms with Crippen molar-refractivity contribution in [1.29, 1.82) is 0 Å². The first kappa shape index (κ1) is 19.0. The molecule has 1 aromatic carbocycles. The molecule has 2 saturated heterocycles. The maximum absolute atomic E-state index is 5.92. The van der Waals surface area contributed by atoms with Crippen molar-refractivity contribution in [2.45, 2.75) is 38.4 Å². The number of ether oxygens (including phenoxy) is 3. The topological polar surface area (TPSA) is 55.3 Å². The van der Waals surface area contributed by atoms with Crippen LogP contribution in [0.5, 0.6) is 5.75 Å². The number of nitrogens with zero attached hydrogens (tertiary/aromatic N) is 2. The SMILES string of the molecule is CN=C(NCCCOc1ccc(C)cc1)N1CCOC(C2CCCO2)C1. The molecule has 0 radical (unpaired) electrons. The molecule has 6 nitrogen and oxygen atoms in total. The van der Waals surface area contributed by atoms with Gasteiger partial charge in [0.15, 0.2) is 5.96 Å². The molecule has 0 amide bonds. The Hall–Kier alpha value is -1.79. The average Bonchev–Trinajstić information content (AvgIpc) is 3.21. The van der Waals surface area contributed by atoms with E-state index >= 15 is 0 Å². The molecule has 2 aliphatic rings. The largest absolute Gasteiger partial charge is 0.494 e. The Balaban J connectivity index is 1.37. The number of nitrogens with one attached hydrogen (secondary N) is 1. The van der Waals surface area contributed by atoms with Crippen molar-refractivity contribution >= 4 is 5.96 Å². The number of benzene rings is 1. The molecule has 6 heteroatoms. The summed E-state index contributed by atoms with van der Waals surface area (Å²) in [5.41, 5.74) is 1.25.